The van der Waals surface area contributed by atoms with Gasteiger partial charge in [0.25, 0.3) is 0 Å². The van der Waals surface area contributed by atoms with E-state index in [2.05, 4.69) is 0 Å². The van der Waals surface area contributed by atoms with E-state index in [9.17, 15) is 14.7 Å². The molecule has 0 spiro atoms. The number of fused-ring (bicyclic) bond motifs is 2. The molecule has 1 saturated carbocycles. The molecule has 5 rings (SSSR count). The fraction of sp³-hybridized carbons (Fsp3) is 0.467. The number of aliphatic hydroxyl groups is 1. The molecule has 0 radical (unpaired) electrons. The third kappa shape index (κ3) is 5.18. The number of nitrogens with zero attached hydrogens (tertiary/aromatic N) is 1. The van der Waals surface area contributed by atoms with Gasteiger partial charge >= 0.3 is 5.63 Å². The molecule has 2 fully saturated rings. The zero-order chi connectivity index (χ0) is 27.0. The Morgan fingerprint density at radius 3 is 2.63 bits per heavy atom. The molecule has 1 aliphatic carbocycles. The van der Waals surface area contributed by atoms with Crippen LogP contribution in [0.4, 0.5) is 0 Å². The molecule has 8 heteroatoms. The van der Waals surface area contributed by atoms with Crippen LogP contribution in [0, 0.1) is 19.8 Å². The normalized spacial score (nSPS) is 21.4. The van der Waals surface area contributed by atoms with E-state index in [1.54, 1.807) is 18.2 Å². The van der Waals surface area contributed by atoms with Crippen LogP contribution in [-0.4, -0.2) is 34.6 Å². The minimum Gasteiger partial charge on any atom is -0.488 e. The first-order valence-corrected chi connectivity index (χ1v) is 14.1. The van der Waals surface area contributed by atoms with Gasteiger partial charge in [0, 0.05) is 57.6 Å². The molecule has 2 heterocycles. The van der Waals surface area contributed by atoms with Crippen molar-refractivity contribution in [1.82, 2.24) is 4.90 Å². The highest BCUT2D eigenvalue weighted by Crippen LogP contribution is 2.40. The van der Waals surface area contributed by atoms with Gasteiger partial charge in [0.2, 0.25) is 5.91 Å². The molecular formula is C30H33Cl2NO5. The van der Waals surface area contributed by atoms with Crippen molar-refractivity contribution in [3.05, 3.63) is 73.1 Å². The van der Waals surface area contributed by atoms with Crippen LogP contribution in [0.2, 0.25) is 10.0 Å². The Bertz CT molecular complexity index is 1410. The smallest absolute Gasteiger partial charge is 0.339 e. The summed E-state index contributed by atoms with van der Waals surface area (Å²) in [7, 11) is 0. The molecule has 1 aromatic heterocycles. The Balaban J connectivity index is 1.30. The maximum Gasteiger partial charge on any atom is 0.339 e. The summed E-state index contributed by atoms with van der Waals surface area (Å²) in [6.45, 7) is 5.09. The molecule has 2 aromatic carbocycles. The zero-order valence-electron chi connectivity index (χ0n) is 21.8. The van der Waals surface area contributed by atoms with Crippen molar-refractivity contribution < 1.29 is 19.1 Å². The van der Waals surface area contributed by atoms with Crippen LogP contribution in [0.5, 0.6) is 5.75 Å². The maximum absolute atomic E-state index is 13.0. The molecule has 1 amide bonds. The highest BCUT2D eigenvalue weighted by Gasteiger charge is 2.43. The number of piperidine rings is 1. The van der Waals surface area contributed by atoms with E-state index >= 15 is 0 Å². The number of carbonyl (C=O) groups is 1. The van der Waals surface area contributed by atoms with Gasteiger partial charge in [0.05, 0.1) is 5.60 Å². The average molecular weight is 559 g/mol. The molecule has 3 aromatic rings. The Labute approximate surface area is 232 Å². The van der Waals surface area contributed by atoms with Gasteiger partial charge in [-0.15, -0.1) is 0 Å². The van der Waals surface area contributed by atoms with E-state index in [0.717, 1.165) is 36.6 Å². The average Bonchev–Trinajstić information content (AvgIpc) is 2.89. The summed E-state index contributed by atoms with van der Waals surface area (Å²) >= 11 is 12.5. The maximum atomic E-state index is 13.0. The monoisotopic (exact) mass is 557 g/mol. The molecule has 0 unspecified atom stereocenters. The second-order valence-corrected chi connectivity index (χ2v) is 11.5. The lowest BCUT2D eigenvalue weighted by molar-refractivity contribution is -0.143. The lowest BCUT2D eigenvalue weighted by Crippen LogP contribution is -2.54. The van der Waals surface area contributed by atoms with Crippen molar-refractivity contribution in [3.63, 3.8) is 0 Å². The molecule has 202 valence electrons. The minimum absolute atomic E-state index is 0.0229. The lowest BCUT2D eigenvalue weighted by Gasteiger charge is -2.47. The van der Waals surface area contributed by atoms with Crippen LogP contribution < -0.4 is 10.4 Å². The third-order valence-corrected chi connectivity index (χ3v) is 9.17. The van der Waals surface area contributed by atoms with E-state index < -0.39 is 11.2 Å². The Hall–Kier alpha value is -2.54. The summed E-state index contributed by atoms with van der Waals surface area (Å²) in [6, 6.07) is 9.03. The Morgan fingerprint density at radius 1 is 1.11 bits per heavy atom. The van der Waals surface area contributed by atoms with E-state index in [1.807, 2.05) is 30.9 Å². The van der Waals surface area contributed by atoms with Crippen molar-refractivity contribution in [1.29, 1.82) is 0 Å². The molecule has 2 atom stereocenters. The number of carbonyl (C=O) groups excluding carboxylic acids is 1. The molecule has 38 heavy (non-hydrogen) atoms. The van der Waals surface area contributed by atoms with Gasteiger partial charge in [-0.2, -0.15) is 0 Å². The minimum atomic E-state index is -0.620. The molecule has 2 aliphatic rings. The number of aryl methyl sites for hydroxylation is 2. The summed E-state index contributed by atoms with van der Waals surface area (Å²) in [5, 5.41) is 12.8. The highest BCUT2D eigenvalue weighted by molar-refractivity contribution is 6.35. The predicted octanol–water partition coefficient (Wildman–Crippen LogP) is 6.38. The van der Waals surface area contributed by atoms with Crippen molar-refractivity contribution in [2.45, 2.75) is 71.0 Å². The fourth-order valence-electron chi connectivity index (χ4n) is 6.02. The van der Waals surface area contributed by atoms with Crippen LogP contribution in [0.25, 0.3) is 11.0 Å². The summed E-state index contributed by atoms with van der Waals surface area (Å²) in [6.07, 6.45) is 5.14. The van der Waals surface area contributed by atoms with Gasteiger partial charge in [-0.25, -0.2) is 4.79 Å². The number of amides is 1. The highest BCUT2D eigenvalue weighted by atomic mass is 35.5. The fourth-order valence-corrected chi connectivity index (χ4v) is 6.53. The van der Waals surface area contributed by atoms with Gasteiger partial charge in [-0.05, 0) is 69.4 Å². The van der Waals surface area contributed by atoms with Crippen molar-refractivity contribution in [2.24, 2.45) is 5.92 Å². The van der Waals surface area contributed by atoms with Gasteiger partial charge in [-0.1, -0.05) is 42.1 Å². The molecule has 6 nitrogen and oxygen atoms in total. The molecular weight excluding hydrogens is 525 g/mol. The molecule has 1 saturated heterocycles. The van der Waals surface area contributed by atoms with Crippen molar-refractivity contribution in [2.75, 3.05) is 13.1 Å². The van der Waals surface area contributed by atoms with Crippen LogP contribution >= 0.6 is 23.2 Å². The van der Waals surface area contributed by atoms with Crippen LogP contribution in [-0.2, 0) is 17.8 Å². The first-order chi connectivity index (χ1) is 18.2. The summed E-state index contributed by atoms with van der Waals surface area (Å²) in [5.41, 5.74) is 2.15. The van der Waals surface area contributed by atoms with E-state index in [1.165, 1.54) is 0 Å². The van der Waals surface area contributed by atoms with Gasteiger partial charge in [0.15, 0.2) is 0 Å². The summed E-state index contributed by atoms with van der Waals surface area (Å²) < 4.78 is 11.8. The van der Waals surface area contributed by atoms with E-state index in [0.29, 0.717) is 64.0 Å². The predicted molar refractivity (Wildman–Crippen MR) is 149 cm³/mol. The second-order valence-electron chi connectivity index (χ2n) is 10.7. The second kappa shape index (κ2) is 10.9. The number of hydrogen-bond acceptors (Lipinski definition) is 5. The number of hydrogen-bond donors (Lipinski definition) is 1. The Morgan fingerprint density at radius 2 is 1.87 bits per heavy atom. The van der Waals surface area contributed by atoms with E-state index in [-0.39, 0.29) is 24.9 Å². The van der Waals surface area contributed by atoms with E-state index in [4.69, 9.17) is 32.4 Å². The summed E-state index contributed by atoms with van der Waals surface area (Å²) in [5.74, 6) is 0.746. The molecule has 0 bridgehead atoms. The molecule has 1 N–H and O–H groups in total. The SMILES string of the molecule is Cc1c(CCC(=O)N2CC[C@@]3(O)CCCC[C@@H]3C2)c(=O)oc2c(C)c(OCc3c(Cl)cccc3Cl)ccc12. The number of likely N-dealkylation sites (tertiary alicyclic amines) is 1. The van der Waals surface area contributed by atoms with Gasteiger partial charge in [0.1, 0.15) is 17.9 Å². The first kappa shape index (κ1) is 27.0. The van der Waals surface area contributed by atoms with Crippen LogP contribution in [0.15, 0.2) is 39.5 Å². The van der Waals surface area contributed by atoms with Crippen molar-refractivity contribution in [3.8, 4) is 5.75 Å². The lowest BCUT2D eigenvalue weighted by atomic mass is 9.71. The summed E-state index contributed by atoms with van der Waals surface area (Å²) in [4.78, 5) is 27.9. The topological polar surface area (TPSA) is 80.0 Å². The van der Waals surface area contributed by atoms with Gasteiger partial charge in [-0.3, -0.25) is 4.79 Å². The van der Waals surface area contributed by atoms with Crippen molar-refractivity contribution >= 4 is 40.1 Å². The number of ether oxygens (including phenoxy) is 1. The quantitative estimate of drug-likeness (QED) is 0.355. The first-order valence-electron chi connectivity index (χ1n) is 13.3. The number of halogens is 2. The standard InChI is InChI=1S/C30H33Cl2NO5/c1-18-21-9-11-26(37-17-23-24(31)7-5-8-25(23)32)19(2)28(21)38-29(35)22(18)10-12-27(34)33-15-14-30(36)13-4-3-6-20(30)16-33/h5,7-9,11,20,36H,3-4,6,10,12-17H2,1-2H3/t20-,30+/m1/s1. The zero-order valence-corrected chi connectivity index (χ0v) is 23.3. The van der Waals surface area contributed by atoms with Crippen LogP contribution in [0.3, 0.4) is 0 Å². The Kier molecular flexibility index (Phi) is 7.77. The van der Waals surface area contributed by atoms with Gasteiger partial charge < -0.3 is 19.2 Å². The third-order valence-electron chi connectivity index (χ3n) is 8.46. The number of benzene rings is 2. The van der Waals surface area contributed by atoms with Crippen LogP contribution in [0.1, 0.15) is 60.8 Å². The molecule has 1 aliphatic heterocycles. The largest absolute Gasteiger partial charge is 0.488 e. The number of rotatable bonds is 6.